The van der Waals surface area contributed by atoms with Gasteiger partial charge in [-0.1, -0.05) is 0 Å². The van der Waals surface area contributed by atoms with Gasteiger partial charge in [-0.3, -0.25) is 9.59 Å². The number of aromatic nitrogens is 2. The van der Waals surface area contributed by atoms with Crippen molar-refractivity contribution in [2.75, 3.05) is 11.4 Å². The molecular weight excluding hydrogens is 425 g/mol. The van der Waals surface area contributed by atoms with Crippen LogP contribution in [0.3, 0.4) is 0 Å². The number of carbonyl (C=O) groups is 1. The van der Waals surface area contributed by atoms with Crippen LogP contribution in [0.5, 0.6) is 0 Å². The molecule has 1 aromatic carbocycles. The standard InChI is InChI=1S/C18H19F3N4O4S/c1-11-3-6-16(26)24(23-11)8-7-22-30(28,29)14-4-5-15-13(10-14)9-12(2)25(15)17(27)18(19,20)21/h3-6,10,12,22H,7-9H2,1-2H3. The van der Waals surface area contributed by atoms with Crippen molar-refractivity contribution in [3.63, 3.8) is 0 Å². The molecule has 0 bridgehead atoms. The van der Waals surface area contributed by atoms with E-state index in [0.717, 1.165) is 10.7 Å². The van der Waals surface area contributed by atoms with Gasteiger partial charge in [0, 0.05) is 24.3 Å². The summed E-state index contributed by atoms with van der Waals surface area (Å²) < 4.78 is 67.1. The van der Waals surface area contributed by atoms with E-state index in [2.05, 4.69) is 9.82 Å². The molecule has 1 aromatic heterocycles. The lowest BCUT2D eigenvalue weighted by molar-refractivity contribution is -0.170. The molecule has 0 radical (unpaired) electrons. The van der Waals surface area contributed by atoms with Crippen molar-refractivity contribution in [1.82, 2.24) is 14.5 Å². The number of hydrogen-bond donors (Lipinski definition) is 1. The average molecular weight is 444 g/mol. The molecule has 3 rings (SSSR count). The number of fused-ring (bicyclic) bond motifs is 1. The van der Waals surface area contributed by atoms with Crippen LogP contribution in [-0.4, -0.2) is 42.9 Å². The van der Waals surface area contributed by atoms with Gasteiger partial charge >= 0.3 is 12.1 Å². The summed E-state index contributed by atoms with van der Waals surface area (Å²) in [5, 5.41) is 4.01. The van der Waals surface area contributed by atoms with Crippen molar-refractivity contribution in [3.8, 4) is 0 Å². The number of nitrogens with one attached hydrogen (secondary N) is 1. The molecule has 0 saturated heterocycles. The Morgan fingerprint density at radius 3 is 2.63 bits per heavy atom. The number of hydrogen-bond acceptors (Lipinski definition) is 5. The Labute approximate surface area is 170 Å². The molecule has 0 spiro atoms. The van der Waals surface area contributed by atoms with Crippen LogP contribution in [0.15, 0.2) is 40.0 Å². The molecule has 0 fully saturated rings. The first kappa shape index (κ1) is 22.0. The minimum Gasteiger partial charge on any atom is -0.301 e. The average Bonchev–Trinajstić information content (AvgIpc) is 2.97. The topological polar surface area (TPSA) is 101 Å². The van der Waals surface area contributed by atoms with Gasteiger partial charge in [0.25, 0.3) is 5.56 Å². The molecule has 1 aliphatic heterocycles. The molecule has 1 unspecified atom stereocenters. The van der Waals surface area contributed by atoms with Crippen molar-refractivity contribution >= 4 is 21.6 Å². The first-order valence-corrected chi connectivity index (χ1v) is 10.5. The van der Waals surface area contributed by atoms with Crippen LogP contribution >= 0.6 is 0 Å². The molecule has 12 heteroatoms. The molecule has 0 saturated carbocycles. The Balaban J connectivity index is 1.77. The highest BCUT2D eigenvalue weighted by atomic mass is 32.2. The fourth-order valence-electron chi connectivity index (χ4n) is 3.30. The maximum Gasteiger partial charge on any atom is 0.471 e. The van der Waals surface area contributed by atoms with Crippen LogP contribution in [0.1, 0.15) is 18.2 Å². The second-order valence-corrected chi connectivity index (χ2v) is 8.72. The van der Waals surface area contributed by atoms with Gasteiger partial charge in [-0.15, -0.1) is 0 Å². The van der Waals surface area contributed by atoms with E-state index in [9.17, 15) is 31.2 Å². The second-order valence-electron chi connectivity index (χ2n) is 6.95. The zero-order valence-electron chi connectivity index (χ0n) is 16.1. The van der Waals surface area contributed by atoms with Crippen molar-refractivity contribution in [3.05, 3.63) is 51.9 Å². The summed E-state index contributed by atoms with van der Waals surface area (Å²) in [6, 6.07) is 5.72. The Hall–Kier alpha value is -2.73. The zero-order valence-corrected chi connectivity index (χ0v) is 16.9. The number of halogens is 3. The molecule has 162 valence electrons. The SMILES string of the molecule is Cc1ccc(=O)n(CCNS(=O)(=O)c2ccc3c(c2)CC(C)N3C(=O)C(F)(F)F)n1. The Morgan fingerprint density at radius 1 is 1.27 bits per heavy atom. The number of benzene rings is 1. The van der Waals surface area contributed by atoms with Crippen molar-refractivity contribution in [2.45, 2.75) is 43.9 Å². The molecule has 2 heterocycles. The molecule has 1 N–H and O–H groups in total. The van der Waals surface area contributed by atoms with Crippen LogP contribution in [0.4, 0.5) is 18.9 Å². The zero-order chi connectivity index (χ0) is 22.3. The number of rotatable bonds is 5. The molecular formula is C18H19F3N4O4S. The third kappa shape index (κ3) is 4.38. The van der Waals surface area contributed by atoms with E-state index in [1.807, 2.05) is 0 Å². The Morgan fingerprint density at radius 2 is 1.97 bits per heavy atom. The summed E-state index contributed by atoms with van der Waals surface area (Å²) in [7, 11) is -3.98. The molecule has 30 heavy (non-hydrogen) atoms. The van der Waals surface area contributed by atoms with Gasteiger partial charge in [0.1, 0.15) is 0 Å². The van der Waals surface area contributed by atoms with Gasteiger partial charge in [-0.25, -0.2) is 17.8 Å². The van der Waals surface area contributed by atoms with Crippen molar-refractivity contribution in [1.29, 1.82) is 0 Å². The van der Waals surface area contributed by atoms with Crippen LogP contribution in [0.2, 0.25) is 0 Å². The second kappa shape index (κ2) is 7.84. The van der Waals surface area contributed by atoms with Gasteiger partial charge in [0.15, 0.2) is 0 Å². The van der Waals surface area contributed by atoms with Crippen LogP contribution in [0.25, 0.3) is 0 Å². The third-order valence-electron chi connectivity index (χ3n) is 4.65. The summed E-state index contributed by atoms with van der Waals surface area (Å²) in [4.78, 5) is 23.9. The molecule has 1 amide bonds. The lowest BCUT2D eigenvalue weighted by atomic mass is 10.1. The number of sulfonamides is 1. The van der Waals surface area contributed by atoms with E-state index in [4.69, 9.17) is 0 Å². The van der Waals surface area contributed by atoms with Crippen molar-refractivity contribution in [2.24, 2.45) is 0 Å². The van der Waals surface area contributed by atoms with Gasteiger partial charge in [-0.2, -0.15) is 18.3 Å². The van der Waals surface area contributed by atoms with Gasteiger partial charge in [-0.05, 0) is 50.1 Å². The number of aryl methyl sites for hydroxylation is 1. The highest BCUT2D eigenvalue weighted by Gasteiger charge is 2.47. The summed E-state index contributed by atoms with van der Waals surface area (Å²) in [6.45, 7) is 3.06. The summed E-state index contributed by atoms with van der Waals surface area (Å²) >= 11 is 0. The first-order valence-electron chi connectivity index (χ1n) is 8.98. The van der Waals surface area contributed by atoms with Gasteiger partial charge in [0.05, 0.1) is 17.1 Å². The first-order chi connectivity index (χ1) is 13.9. The fraction of sp³-hybridized carbons (Fsp3) is 0.389. The van der Waals surface area contributed by atoms with Crippen LogP contribution in [-0.2, 0) is 27.8 Å². The summed E-state index contributed by atoms with van der Waals surface area (Å²) in [6.07, 6.45) is -4.92. The number of anilines is 1. The number of carbonyl (C=O) groups excluding carboxylic acids is 1. The lowest BCUT2D eigenvalue weighted by Crippen LogP contribution is -2.44. The van der Waals surface area contributed by atoms with Crippen LogP contribution in [0, 0.1) is 6.92 Å². The fourth-order valence-corrected chi connectivity index (χ4v) is 4.37. The number of amides is 1. The van der Waals surface area contributed by atoms with E-state index in [0.29, 0.717) is 16.2 Å². The molecule has 0 aliphatic carbocycles. The minimum absolute atomic E-state index is 0.00950. The normalized spacial score (nSPS) is 16.6. The molecule has 1 aliphatic rings. The van der Waals surface area contributed by atoms with E-state index in [-0.39, 0.29) is 35.7 Å². The van der Waals surface area contributed by atoms with Gasteiger partial charge < -0.3 is 4.90 Å². The van der Waals surface area contributed by atoms with E-state index >= 15 is 0 Å². The predicted octanol–water partition coefficient (Wildman–Crippen LogP) is 1.37. The quantitative estimate of drug-likeness (QED) is 0.751. The highest BCUT2D eigenvalue weighted by molar-refractivity contribution is 7.89. The third-order valence-corrected chi connectivity index (χ3v) is 6.11. The minimum atomic E-state index is -5.02. The highest BCUT2D eigenvalue weighted by Crippen LogP contribution is 2.36. The monoisotopic (exact) mass is 444 g/mol. The number of nitrogens with zero attached hydrogens (tertiary/aromatic N) is 3. The smallest absolute Gasteiger partial charge is 0.301 e. The molecule has 8 nitrogen and oxygen atoms in total. The molecule has 1 atom stereocenters. The largest absolute Gasteiger partial charge is 0.471 e. The van der Waals surface area contributed by atoms with Crippen LogP contribution < -0.4 is 15.2 Å². The van der Waals surface area contributed by atoms with E-state index in [1.54, 1.807) is 13.0 Å². The Kier molecular flexibility index (Phi) is 5.74. The van der Waals surface area contributed by atoms with E-state index < -0.39 is 28.1 Å². The maximum atomic E-state index is 12.8. The lowest BCUT2D eigenvalue weighted by Gasteiger charge is -2.23. The summed E-state index contributed by atoms with van der Waals surface area (Å²) in [5.74, 6) is -1.99. The predicted molar refractivity (Wildman–Crippen MR) is 102 cm³/mol. The number of alkyl halides is 3. The van der Waals surface area contributed by atoms with E-state index in [1.165, 1.54) is 25.1 Å². The molecule has 2 aromatic rings. The summed E-state index contributed by atoms with van der Waals surface area (Å²) in [5.41, 5.74) is 0.600. The maximum absolute atomic E-state index is 12.8. The Bertz CT molecular complexity index is 1140. The van der Waals surface area contributed by atoms with Crippen molar-refractivity contribution < 1.29 is 26.4 Å². The van der Waals surface area contributed by atoms with Gasteiger partial charge in [0.2, 0.25) is 10.0 Å².